The summed E-state index contributed by atoms with van der Waals surface area (Å²) in [6, 6.07) is 17.4. The van der Waals surface area contributed by atoms with Crippen molar-refractivity contribution in [2.45, 2.75) is 5.41 Å². The van der Waals surface area contributed by atoms with Crippen LogP contribution in [0.4, 0.5) is 5.69 Å². The van der Waals surface area contributed by atoms with Gasteiger partial charge in [-0.05, 0) is 35.4 Å². The minimum atomic E-state index is -1.22. The Morgan fingerprint density at radius 1 is 1.12 bits per heavy atom. The molecule has 0 spiro atoms. The van der Waals surface area contributed by atoms with Crippen molar-refractivity contribution in [1.82, 2.24) is 10.2 Å². The lowest BCUT2D eigenvalue weighted by molar-refractivity contribution is -0.122. The predicted molar refractivity (Wildman–Crippen MR) is 133 cm³/mol. The fraction of sp³-hybridized carbons (Fsp3) is 0.360. The quantitative estimate of drug-likeness (QED) is 0.650. The lowest BCUT2D eigenvalue weighted by atomic mass is 9.70. The molecule has 1 saturated heterocycles. The summed E-state index contributed by atoms with van der Waals surface area (Å²) >= 11 is 7.67. The van der Waals surface area contributed by atoms with E-state index in [9.17, 15) is 10.1 Å². The zero-order valence-electron chi connectivity index (χ0n) is 18.8. The lowest BCUT2D eigenvalue weighted by Gasteiger charge is -2.29. The van der Waals surface area contributed by atoms with Crippen molar-refractivity contribution in [1.29, 1.82) is 5.26 Å². The summed E-state index contributed by atoms with van der Waals surface area (Å²) in [6.07, 6.45) is 0. The Morgan fingerprint density at radius 2 is 1.73 bits per heavy atom. The van der Waals surface area contributed by atoms with Crippen LogP contribution < -0.4 is 10.2 Å². The first-order valence-electron chi connectivity index (χ1n) is 10.9. The third-order valence-electron chi connectivity index (χ3n) is 6.13. The number of morpholine rings is 1. The van der Waals surface area contributed by atoms with Crippen LogP contribution in [0.1, 0.15) is 11.1 Å². The molecule has 0 aliphatic carbocycles. The molecule has 0 saturated carbocycles. The number of nitrogens with zero attached hydrogens (tertiary/aromatic N) is 3. The standard InChI is InChI=1S/C25H27ClN4O2S/c1-29(2)21-9-5-19(6-10-21)25(18-3-7-20(26)8-4-18)22(17-27)23(28-24(25)31)33-16-13-30-11-14-32-15-12-30/h3-10H,11-16H2,1-2H3,(H,28,31). The van der Waals surface area contributed by atoms with E-state index in [1.807, 2.05) is 55.4 Å². The van der Waals surface area contributed by atoms with E-state index in [2.05, 4.69) is 16.3 Å². The highest BCUT2D eigenvalue weighted by Crippen LogP contribution is 2.46. The number of nitrogens with one attached hydrogen (secondary N) is 1. The Hall–Kier alpha value is -2.50. The first-order valence-corrected chi connectivity index (χ1v) is 12.3. The molecule has 1 fully saturated rings. The predicted octanol–water partition coefficient (Wildman–Crippen LogP) is 3.62. The monoisotopic (exact) mass is 482 g/mol. The van der Waals surface area contributed by atoms with Gasteiger partial charge in [-0.15, -0.1) is 11.8 Å². The zero-order valence-corrected chi connectivity index (χ0v) is 20.4. The fourth-order valence-corrected chi connectivity index (χ4v) is 5.50. The SMILES string of the molecule is CN(C)c1ccc(C2(c3ccc(Cl)cc3)C(=O)NC(SCCN3CCOCC3)=C2C#N)cc1. The normalized spacial score (nSPS) is 21.1. The molecule has 0 radical (unpaired) electrons. The van der Waals surface area contributed by atoms with Crippen LogP contribution in [0.3, 0.4) is 0 Å². The van der Waals surface area contributed by atoms with Crippen LogP contribution in [0.25, 0.3) is 0 Å². The summed E-state index contributed by atoms with van der Waals surface area (Å²) in [5.41, 5.74) is 1.71. The van der Waals surface area contributed by atoms with Gasteiger partial charge in [-0.1, -0.05) is 35.9 Å². The molecule has 4 rings (SSSR count). The minimum Gasteiger partial charge on any atom is -0.379 e. The molecule has 2 heterocycles. The van der Waals surface area contributed by atoms with Crippen molar-refractivity contribution in [3.05, 3.63) is 75.3 Å². The number of nitriles is 1. The molecule has 1 atom stereocenters. The number of benzene rings is 2. The highest BCUT2D eigenvalue weighted by molar-refractivity contribution is 8.03. The van der Waals surface area contributed by atoms with Gasteiger partial charge in [0.2, 0.25) is 5.91 Å². The highest BCUT2D eigenvalue weighted by atomic mass is 35.5. The summed E-state index contributed by atoms with van der Waals surface area (Å²) in [5.74, 6) is 0.560. The molecule has 1 N–H and O–H groups in total. The van der Waals surface area contributed by atoms with Crippen LogP contribution >= 0.6 is 23.4 Å². The molecule has 2 aromatic carbocycles. The molecule has 172 valence electrons. The topological polar surface area (TPSA) is 68.6 Å². The van der Waals surface area contributed by atoms with Crippen molar-refractivity contribution in [3.63, 3.8) is 0 Å². The van der Waals surface area contributed by atoms with E-state index in [4.69, 9.17) is 16.3 Å². The Balaban J connectivity index is 1.73. The minimum absolute atomic E-state index is 0.215. The number of hydrogen-bond acceptors (Lipinski definition) is 6. The Morgan fingerprint density at radius 3 is 2.30 bits per heavy atom. The van der Waals surface area contributed by atoms with Crippen LogP contribution in [-0.4, -0.2) is 63.5 Å². The molecule has 1 amide bonds. The molecule has 33 heavy (non-hydrogen) atoms. The second kappa shape index (κ2) is 10.2. The van der Waals surface area contributed by atoms with Crippen molar-refractivity contribution in [2.24, 2.45) is 0 Å². The van der Waals surface area contributed by atoms with Gasteiger partial charge in [-0.25, -0.2) is 0 Å². The first-order chi connectivity index (χ1) is 16.0. The highest BCUT2D eigenvalue weighted by Gasteiger charge is 2.52. The number of carbonyl (C=O) groups is 1. The van der Waals surface area contributed by atoms with Crippen LogP contribution in [0.5, 0.6) is 0 Å². The van der Waals surface area contributed by atoms with Gasteiger partial charge in [-0.3, -0.25) is 9.69 Å². The Labute approximate surface area is 204 Å². The van der Waals surface area contributed by atoms with Crippen LogP contribution in [0, 0.1) is 11.3 Å². The van der Waals surface area contributed by atoms with E-state index >= 15 is 0 Å². The molecule has 2 aromatic rings. The smallest absolute Gasteiger partial charge is 0.245 e. The van der Waals surface area contributed by atoms with Gasteiger partial charge < -0.3 is 15.0 Å². The van der Waals surface area contributed by atoms with Gasteiger partial charge in [0, 0.05) is 50.2 Å². The second-order valence-corrected chi connectivity index (χ2v) is 9.81. The molecule has 8 heteroatoms. The molecule has 2 aliphatic heterocycles. The first kappa shape index (κ1) is 23.7. The lowest BCUT2D eigenvalue weighted by Crippen LogP contribution is -2.39. The van der Waals surface area contributed by atoms with Crippen molar-refractivity contribution >= 4 is 35.0 Å². The molecule has 1 unspecified atom stereocenters. The number of halogens is 1. The van der Waals surface area contributed by atoms with E-state index in [1.165, 1.54) is 11.8 Å². The zero-order chi connectivity index (χ0) is 23.4. The van der Waals surface area contributed by atoms with Crippen LogP contribution in [-0.2, 0) is 14.9 Å². The van der Waals surface area contributed by atoms with Crippen molar-refractivity contribution < 1.29 is 9.53 Å². The molecule has 6 nitrogen and oxygen atoms in total. The maximum Gasteiger partial charge on any atom is 0.245 e. The third kappa shape index (κ3) is 4.62. The van der Waals surface area contributed by atoms with Gasteiger partial charge in [0.25, 0.3) is 0 Å². The number of rotatable bonds is 7. The van der Waals surface area contributed by atoms with Crippen molar-refractivity contribution in [2.75, 3.05) is 57.6 Å². The van der Waals surface area contributed by atoms with Crippen molar-refractivity contribution in [3.8, 4) is 6.07 Å². The number of thioether (sulfide) groups is 1. The maximum atomic E-state index is 13.7. The third-order valence-corrected chi connectivity index (χ3v) is 7.37. The van der Waals surface area contributed by atoms with Gasteiger partial charge >= 0.3 is 0 Å². The van der Waals surface area contributed by atoms with E-state index in [0.29, 0.717) is 15.6 Å². The fourth-order valence-electron chi connectivity index (χ4n) is 4.31. The largest absolute Gasteiger partial charge is 0.379 e. The second-order valence-electron chi connectivity index (χ2n) is 8.27. The summed E-state index contributed by atoms with van der Waals surface area (Å²) in [7, 11) is 3.94. The average Bonchev–Trinajstić information content (AvgIpc) is 3.12. The summed E-state index contributed by atoms with van der Waals surface area (Å²) in [6.45, 7) is 4.18. The molecule has 0 aromatic heterocycles. The number of carbonyl (C=O) groups excluding carboxylic acids is 1. The van der Waals surface area contributed by atoms with Gasteiger partial charge in [0.15, 0.2) is 0 Å². The summed E-state index contributed by atoms with van der Waals surface area (Å²) < 4.78 is 5.41. The van der Waals surface area contributed by atoms with E-state index in [0.717, 1.165) is 55.4 Å². The maximum absolute atomic E-state index is 13.7. The van der Waals surface area contributed by atoms with Gasteiger partial charge in [0.05, 0.1) is 29.9 Å². The summed E-state index contributed by atoms with van der Waals surface area (Å²) in [5, 5.41) is 14.5. The Kier molecular flexibility index (Phi) is 7.30. The van der Waals surface area contributed by atoms with Crippen LogP contribution in [0.15, 0.2) is 59.1 Å². The Bertz CT molecular complexity index is 1070. The summed E-state index contributed by atoms with van der Waals surface area (Å²) in [4.78, 5) is 18.0. The van der Waals surface area contributed by atoms with E-state index in [1.54, 1.807) is 12.1 Å². The number of ether oxygens (including phenoxy) is 1. The van der Waals surface area contributed by atoms with E-state index < -0.39 is 5.41 Å². The number of amides is 1. The van der Waals surface area contributed by atoms with E-state index in [-0.39, 0.29) is 5.91 Å². The number of anilines is 1. The molecular formula is C25H27ClN4O2S. The molecular weight excluding hydrogens is 456 g/mol. The van der Waals surface area contributed by atoms with Gasteiger partial charge in [-0.2, -0.15) is 5.26 Å². The molecule has 2 aliphatic rings. The van der Waals surface area contributed by atoms with Crippen LogP contribution in [0.2, 0.25) is 5.02 Å². The van der Waals surface area contributed by atoms with Gasteiger partial charge in [0.1, 0.15) is 5.41 Å². The molecule has 0 bridgehead atoms. The average molecular weight is 483 g/mol. The number of hydrogen-bond donors (Lipinski definition) is 1.